The lowest BCUT2D eigenvalue weighted by Crippen LogP contribution is -2.15. The largest absolute Gasteiger partial charge is 0.399 e. The number of amides is 1. The van der Waals surface area contributed by atoms with Gasteiger partial charge in [0.05, 0.1) is 0 Å². The SMILES string of the molecule is Nc1cccc(NC2=CC=C3NC(=O)CC3C2)c1. The fraction of sp³-hybridized carbons (Fsp3) is 0.214. The predicted molar refractivity (Wildman–Crippen MR) is 71.5 cm³/mol. The van der Waals surface area contributed by atoms with Crippen LogP contribution in [0.5, 0.6) is 0 Å². The molecule has 4 heteroatoms. The molecule has 18 heavy (non-hydrogen) atoms. The number of anilines is 2. The highest BCUT2D eigenvalue weighted by Gasteiger charge is 2.29. The number of fused-ring (bicyclic) bond motifs is 1. The second kappa shape index (κ2) is 4.22. The van der Waals surface area contributed by atoms with Crippen LogP contribution in [-0.4, -0.2) is 5.91 Å². The third kappa shape index (κ3) is 2.09. The Balaban J connectivity index is 1.74. The van der Waals surface area contributed by atoms with E-state index in [4.69, 9.17) is 5.73 Å². The molecule has 4 N–H and O–H groups in total. The summed E-state index contributed by atoms with van der Waals surface area (Å²) >= 11 is 0. The Hall–Kier alpha value is -2.23. The van der Waals surface area contributed by atoms with Gasteiger partial charge in [-0.1, -0.05) is 6.07 Å². The Labute approximate surface area is 106 Å². The van der Waals surface area contributed by atoms with Crippen molar-refractivity contribution < 1.29 is 4.79 Å². The molecule has 1 aromatic rings. The number of nitrogen functional groups attached to an aromatic ring is 1. The summed E-state index contributed by atoms with van der Waals surface area (Å²) in [5.74, 6) is 0.413. The second-order valence-corrected chi connectivity index (χ2v) is 4.72. The van der Waals surface area contributed by atoms with Crippen molar-refractivity contribution in [1.82, 2.24) is 5.32 Å². The number of benzene rings is 1. The van der Waals surface area contributed by atoms with Crippen LogP contribution in [0.2, 0.25) is 0 Å². The number of allylic oxidation sites excluding steroid dienone is 4. The molecule has 1 aliphatic carbocycles. The lowest BCUT2D eigenvalue weighted by atomic mass is 9.94. The molecule has 1 saturated heterocycles. The first-order chi connectivity index (χ1) is 8.70. The smallest absolute Gasteiger partial charge is 0.224 e. The minimum Gasteiger partial charge on any atom is -0.399 e. The van der Waals surface area contributed by atoms with Crippen LogP contribution in [0.25, 0.3) is 0 Å². The van der Waals surface area contributed by atoms with Crippen molar-refractivity contribution >= 4 is 17.3 Å². The van der Waals surface area contributed by atoms with Gasteiger partial charge in [-0.3, -0.25) is 4.79 Å². The van der Waals surface area contributed by atoms with Crippen molar-refractivity contribution in [2.45, 2.75) is 12.8 Å². The number of nitrogens with two attached hydrogens (primary N) is 1. The number of rotatable bonds is 2. The molecule has 1 amide bonds. The van der Waals surface area contributed by atoms with E-state index < -0.39 is 0 Å². The van der Waals surface area contributed by atoms with Crippen LogP contribution in [0.1, 0.15) is 12.8 Å². The van der Waals surface area contributed by atoms with E-state index in [1.54, 1.807) is 0 Å². The molecular formula is C14H15N3O. The van der Waals surface area contributed by atoms with E-state index in [1.165, 1.54) is 0 Å². The molecule has 1 aromatic carbocycles. The molecule has 0 saturated carbocycles. The molecule has 1 aliphatic heterocycles. The highest BCUT2D eigenvalue weighted by Crippen LogP contribution is 2.31. The van der Waals surface area contributed by atoms with Gasteiger partial charge < -0.3 is 16.4 Å². The zero-order valence-electron chi connectivity index (χ0n) is 9.94. The fourth-order valence-electron chi connectivity index (χ4n) is 2.43. The minimum absolute atomic E-state index is 0.116. The third-order valence-corrected chi connectivity index (χ3v) is 3.28. The minimum atomic E-state index is 0.116. The molecule has 0 radical (unpaired) electrons. The lowest BCUT2D eigenvalue weighted by Gasteiger charge is -2.19. The molecular weight excluding hydrogens is 226 g/mol. The summed E-state index contributed by atoms with van der Waals surface area (Å²) in [6, 6.07) is 7.66. The molecule has 4 nitrogen and oxygen atoms in total. The quantitative estimate of drug-likeness (QED) is 0.694. The molecule has 0 spiro atoms. The van der Waals surface area contributed by atoms with Gasteiger partial charge in [-0.2, -0.15) is 0 Å². The van der Waals surface area contributed by atoms with E-state index in [1.807, 2.05) is 36.4 Å². The van der Waals surface area contributed by atoms with Crippen LogP contribution >= 0.6 is 0 Å². The van der Waals surface area contributed by atoms with E-state index in [0.29, 0.717) is 12.3 Å². The van der Waals surface area contributed by atoms with Gasteiger partial charge in [0.15, 0.2) is 0 Å². The molecule has 1 unspecified atom stereocenters. The molecule has 0 aromatic heterocycles. The number of carbonyl (C=O) groups excluding carboxylic acids is 1. The van der Waals surface area contributed by atoms with Crippen molar-refractivity contribution in [3.05, 3.63) is 47.8 Å². The van der Waals surface area contributed by atoms with Gasteiger partial charge in [0.2, 0.25) is 5.91 Å². The topological polar surface area (TPSA) is 67.2 Å². The van der Waals surface area contributed by atoms with Gasteiger partial charge >= 0.3 is 0 Å². The van der Waals surface area contributed by atoms with E-state index in [2.05, 4.69) is 10.6 Å². The second-order valence-electron chi connectivity index (χ2n) is 4.72. The van der Waals surface area contributed by atoms with Gasteiger partial charge in [0.1, 0.15) is 0 Å². The van der Waals surface area contributed by atoms with E-state index in [0.717, 1.165) is 29.2 Å². The standard InChI is InChI=1S/C14H15N3O/c15-10-2-1-3-11(8-10)16-12-4-5-13-9(6-12)7-14(18)17-13/h1-5,8-9,16H,6-7,15H2,(H,17,18). The number of carbonyl (C=O) groups is 1. The van der Waals surface area contributed by atoms with Crippen LogP contribution < -0.4 is 16.4 Å². The van der Waals surface area contributed by atoms with Crippen LogP contribution in [0, 0.1) is 5.92 Å². The van der Waals surface area contributed by atoms with Crippen molar-refractivity contribution in [2.24, 2.45) is 5.92 Å². The summed E-state index contributed by atoms with van der Waals surface area (Å²) in [5.41, 5.74) is 9.62. The predicted octanol–water partition coefficient (Wildman–Crippen LogP) is 1.99. The average molecular weight is 241 g/mol. The molecule has 1 atom stereocenters. The summed E-state index contributed by atoms with van der Waals surface area (Å²) in [7, 11) is 0. The molecule has 1 fully saturated rings. The fourth-order valence-corrected chi connectivity index (χ4v) is 2.43. The van der Waals surface area contributed by atoms with Crippen molar-refractivity contribution in [3.63, 3.8) is 0 Å². The van der Waals surface area contributed by atoms with E-state index >= 15 is 0 Å². The van der Waals surface area contributed by atoms with Crippen LogP contribution in [0.4, 0.5) is 11.4 Å². The molecule has 92 valence electrons. The maximum Gasteiger partial charge on any atom is 0.224 e. The molecule has 1 heterocycles. The Morgan fingerprint density at radius 1 is 1.28 bits per heavy atom. The Morgan fingerprint density at radius 2 is 2.17 bits per heavy atom. The zero-order valence-corrected chi connectivity index (χ0v) is 9.94. The number of nitrogens with one attached hydrogen (secondary N) is 2. The maximum atomic E-state index is 11.3. The van der Waals surface area contributed by atoms with Gasteiger partial charge in [0, 0.05) is 35.1 Å². The van der Waals surface area contributed by atoms with Crippen molar-refractivity contribution in [1.29, 1.82) is 0 Å². The Kier molecular flexibility index (Phi) is 2.55. The van der Waals surface area contributed by atoms with Gasteiger partial charge in [-0.25, -0.2) is 0 Å². The molecule has 0 bridgehead atoms. The zero-order chi connectivity index (χ0) is 12.5. The maximum absolute atomic E-state index is 11.3. The lowest BCUT2D eigenvalue weighted by molar-refractivity contribution is -0.119. The highest BCUT2D eigenvalue weighted by atomic mass is 16.1. The highest BCUT2D eigenvalue weighted by molar-refractivity contribution is 5.82. The van der Waals surface area contributed by atoms with E-state index in [9.17, 15) is 4.79 Å². The monoisotopic (exact) mass is 241 g/mol. The summed E-state index contributed by atoms with van der Waals surface area (Å²) in [6.07, 6.45) is 5.44. The summed E-state index contributed by atoms with van der Waals surface area (Å²) < 4.78 is 0. The summed E-state index contributed by atoms with van der Waals surface area (Å²) in [5, 5.41) is 6.23. The van der Waals surface area contributed by atoms with Gasteiger partial charge in [-0.15, -0.1) is 0 Å². The summed E-state index contributed by atoms with van der Waals surface area (Å²) in [6.45, 7) is 0. The van der Waals surface area contributed by atoms with E-state index in [-0.39, 0.29) is 5.91 Å². The number of hydrogen-bond donors (Lipinski definition) is 3. The summed E-state index contributed by atoms with van der Waals surface area (Å²) in [4.78, 5) is 11.3. The van der Waals surface area contributed by atoms with Crippen molar-refractivity contribution in [3.8, 4) is 0 Å². The van der Waals surface area contributed by atoms with Crippen LogP contribution in [-0.2, 0) is 4.79 Å². The van der Waals surface area contributed by atoms with Crippen LogP contribution in [0.15, 0.2) is 47.8 Å². The number of hydrogen-bond acceptors (Lipinski definition) is 3. The van der Waals surface area contributed by atoms with Gasteiger partial charge in [-0.05, 0) is 36.8 Å². The first-order valence-corrected chi connectivity index (χ1v) is 6.04. The molecule has 2 aliphatic rings. The first kappa shape index (κ1) is 10.9. The first-order valence-electron chi connectivity index (χ1n) is 6.04. The van der Waals surface area contributed by atoms with Crippen LogP contribution in [0.3, 0.4) is 0 Å². The van der Waals surface area contributed by atoms with Crippen molar-refractivity contribution in [2.75, 3.05) is 11.1 Å². The third-order valence-electron chi connectivity index (χ3n) is 3.28. The molecule has 3 rings (SSSR count). The Morgan fingerprint density at radius 3 is 3.00 bits per heavy atom. The Bertz CT molecular complexity index is 560. The average Bonchev–Trinajstić information content (AvgIpc) is 2.68. The normalized spacial score (nSPS) is 21.8. The van der Waals surface area contributed by atoms with Gasteiger partial charge in [0.25, 0.3) is 0 Å².